The van der Waals surface area contributed by atoms with Gasteiger partial charge in [-0.15, -0.1) is 0 Å². The van der Waals surface area contributed by atoms with Gasteiger partial charge in [-0.2, -0.15) is 5.26 Å². The summed E-state index contributed by atoms with van der Waals surface area (Å²) in [6.45, 7) is 1.71. The Hall–Kier alpha value is -1.97. The van der Waals surface area contributed by atoms with Crippen molar-refractivity contribution in [3.63, 3.8) is 0 Å². The SMILES string of the molecule is Cc1cc2c(cc1F)[nH]c(=S)n2-c1ccc(C#N)cc1Br. The van der Waals surface area contributed by atoms with Crippen LogP contribution in [0.25, 0.3) is 16.7 Å². The highest BCUT2D eigenvalue weighted by Gasteiger charge is 2.12. The number of nitrogens with one attached hydrogen (secondary N) is 1. The Morgan fingerprint density at radius 3 is 2.76 bits per heavy atom. The third-order valence-electron chi connectivity index (χ3n) is 3.28. The van der Waals surface area contributed by atoms with Crippen LogP contribution < -0.4 is 0 Å². The number of imidazole rings is 1. The van der Waals surface area contributed by atoms with E-state index in [0.717, 1.165) is 15.7 Å². The lowest BCUT2D eigenvalue weighted by molar-refractivity contribution is 0.620. The van der Waals surface area contributed by atoms with Crippen LogP contribution in [0.15, 0.2) is 34.8 Å². The minimum absolute atomic E-state index is 0.273. The molecule has 1 N–H and O–H groups in total. The number of halogens is 2. The number of nitriles is 1. The molecule has 3 rings (SSSR count). The number of hydrogen-bond acceptors (Lipinski definition) is 2. The van der Waals surface area contributed by atoms with Crippen molar-refractivity contribution in [2.45, 2.75) is 6.92 Å². The third-order valence-corrected chi connectivity index (χ3v) is 4.20. The molecule has 0 amide bonds. The van der Waals surface area contributed by atoms with E-state index < -0.39 is 0 Å². The Morgan fingerprint density at radius 2 is 2.10 bits per heavy atom. The van der Waals surface area contributed by atoms with Gasteiger partial charge in [0, 0.05) is 4.47 Å². The first-order valence-corrected chi connectivity index (χ1v) is 7.32. The molecule has 1 heterocycles. The van der Waals surface area contributed by atoms with E-state index in [2.05, 4.69) is 27.0 Å². The summed E-state index contributed by atoms with van der Waals surface area (Å²) in [7, 11) is 0. The Labute approximate surface area is 133 Å². The molecule has 0 saturated heterocycles. The molecule has 0 aliphatic rings. The Balaban J connectivity index is 2.35. The van der Waals surface area contributed by atoms with E-state index in [9.17, 15) is 4.39 Å². The summed E-state index contributed by atoms with van der Waals surface area (Å²) >= 11 is 8.80. The van der Waals surface area contributed by atoms with Gasteiger partial charge in [0.2, 0.25) is 0 Å². The van der Waals surface area contributed by atoms with Gasteiger partial charge >= 0.3 is 0 Å². The Bertz CT molecular complexity index is 965. The molecule has 0 spiro atoms. The van der Waals surface area contributed by atoms with Crippen LogP contribution in [0.2, 0.25) is 0 Å². The summed E-state index contributed by atoms with van der Waals surface area (Å²) in [6, 6.07) is 10.5. The second-order valence-electron chi connectivity index (χ2n) is 4.66. The molecule has 6 heteroatoms. The Kier molecular flexibility index (Phi) is 3.40. The van der Waals surface area contributed by atoms with E-state index in [0.29, 0.717) is 21.4 Å². The Morgan fingerprint density at radius 1 is 1.33 bits per heavy atom. The van der Waals surface area contributed by atoms with Crippen LogP contribution in [0, 0.1) is 28.8 Å². The van der Waals surface area contributed by atoms with Crippen LogP contribution in [0.5, 0.6) is 0 Å². The van der Waals surface area contributed by atoms with Gasteiger partial charge in [-0.3, -0.25) is 4.57 Å². The molecule has 0 fully saturated rings. The number of rotatable bonds is 1. The molecule has 0 bridgehead atoms. The van der Waals surface area contributed by atoms with Gasteiger partial charge in [0.1, 0.15) is 5.82 Å². The van der Waals surface area contributed by atoms with Gasteiger partial charge in [0.15, 0.2) is 4.77 Å². The van der Waals surface area contributed by atoms with Crippen LogP contribution in [0.1, 0.15) is 11.1 Å². The van der Waals surface area contributed by atoms with E-state index in [1.54, 1.807) is 25.1 Å². The molecule has 2 aromatic carbocycles. The van der Waals surface area contributed by atoms with E-state index in [1.807, 2.05) is 10.6 Å². The van der Waals surface area contributed by atoms with Crippen molar-refractivity contribution in [1.82, 2.24) is 9.55 Å². The summed E-state index contributed by atoms with van der Waals surface area (Å²) < 4.78 is 16.7. The van der Waals surface area contributed by atoms with Gasteiger partial charge in [0.25, 0.3) is 0 Å². The number of aryl methyl sites for hydroxylation is 1. The van der Waals surface area contributed by atoms with E-state index in [4.69, 9.17) is 17.5 Å². The summed E-state index contributed by atoms with van der Waals surface area (Å²) in [5.41, 5.74) is 3.34. The topological polar surface area (TPSA) is 44.5 Å². The standard InChI is InChI=1S/C15H9BrFN3S/c1-8-4-14-12(6-11(8)17)19-15(21)20(14)13-3-2-9(7-18)5-10(13)16/h2-6H,1H3,(H,19,21). The van der Waals surface area contributed by atoms with Crippen LogP contribution in [0.3, 0.4) is 0 Å². The zero-order valence-electron chi connectivity index (χ0n) is 10.9. The predicted octanol–water partition coefficient (Wildman–Crippen LogP) is 4.77. The van der Waals surface area contributed by atoms with Crippen molar-refractivity contribution < 1.29 is 4.39 Å². The number of nitrogens with zero attached hydrogens (tertiary/aromatic N) is 2. The van der Waals surface area contributed by atoms with Gasteiger partial charge in [-0.05, 0) is 71.0 Å². The lowest BCUT2D eigenvalue weighted by Gasteiger charge is -2.08. The highest BCUT2D eigenvalue weighted by Crippen LogP contribution is 2.28. The number of aromatic nitrogens is 2. The number of fused-ring (bicyclic) bond motifs is 1. The molecule has 0 saturated carbocycles. The van der Waals surface area contributed by atoms with Crippen molar-refractivity contribution >= 4 is 39.2 Å². The summed E-state index contributed by atoms with van der Waals surface area (Å²) in [6.07, 6.45) is 0. The average Bonchev–Trinajstić information content (AvgIpc) is 2.75. The molecule has 3 nitrogen and oxygen atoms in total. The largest absolute Gasteiger partial charge is 0.330 e. The molecule has 21 heavy (non-hydrogen) atoms. The van der Waals surface area contributed by atoms with Crippen LogP contribution >= 0.6 is 28.1 Å². The van der Waals surface area contributed by atoms with Crippen LogP contribution in [-0.4, -0.2) is 9.55 Å². The van der Waals surface area contributed by atoms with Gasteiger partial charge in [-0.25, -0.2) is 4.39 Å². The van der Waals surface area contributed by atoms with Gasteiger partial charge in [0.05, 0.1) is 28.4 Å². The van der Waals surface area contributed by atoms with Crippen molar-refractivity contribution in [1.29, 1.82) is 5.26 Å². The molecular formula is C15H9BrFN3S. The highest BCUT2D eigenvalue weighted by atomic mass is 79.9. The summed E-state index contributed by atoms with van der Waals surface area (Å²) in [4.78, 5) is 3.00. The van der Waals surface area contributed by atoms with Gasteiger partial charge < -0.3 is 4.98 Å². The maximum atomic E-state index is 13.7. The first-order valence-electron chi connectivity index (χ1n) is 6.12. The van der Waals surface area contributed by atoms with Crippen molar-refractivity contribution in [3.8, 4) is 11.8 Å². The molecular weight excluding hydrogens is 353 g/mol. The fraction of sp³-hybridized carbons (Fsp3) is 0.0667. The van der Waals surface area contributed by atoms with E-state index in [-0.39, 0.29) is 5.82 Å². The zero-order chi connectivity index (χ0) is 15.1. The molecule has 0 radical (unpaired) electrons. The third kappa shape index (κ3) is 2.28. The summed E-state index contributed by atoms with van der Waals surface area (Å²) in [5.74, 6) is -0.273. The molecule has 1 aromatic heterocycles. The van der Waals surface area contributed by atoms with E-state index in [1.165, 1.54) is 6.07 Å². The fourth-order valence-electron chi connectivity index (χ4n) is 2.23. The lowest BCUT2D eigenvalue weighted by Crippen LogP contribution is -1.96. The fourth-order valence-corrected chi connectivity index (χ4v) is 3.09. The van der Waals surface area contributed by atoms with Crippen LogP contribution in [-0.2, 0) is 0 Å². The molecule has 0 aliphatic heterocycles. The zero-order valence-corrected chi connectivity index (χ0v) is 13.3. The quantitative estimate of drug-likeness (QED) is 0.634. The van der Waals surface area contributed by atoms with Crippen molar-refractivity contribution in [3.05, 3.63) is 56.5 Å². The maximum absolute atomic E-state index is 13.7. The number of H-pyrrole nitrogens is 1. The number of benzene rings is 2. The molecule has 0 aliphatic carbocycles. The highest BCUT2D eigenvalue weighted by molar-refractivity contribution is 9.10. The minimum atomic E-state index is -0.273. The second-order valence-corrected chi connectivity index (χ2v) is 5.90. The molecule has 104 valence electrons. The molecule has 3 aromatic rings. The normalized spacial score (nSPS) is 10.8. The van der Waals surface area contributed by atoms with Gasteiger partial charge in [-0.1, -0.05) is 0 Å². The smallest absolute Gasteiger partial charge is 0.182 e. The second kappa shape index (κ2) is 5.10. The first kappa shape index (κ1) is 14.0. The average molecular weight is 362 g/mol. The molecule has 0 atom stereocenters. The minimum Gasteiger partial charge on any atom is -0.330 e. The van der Waals surface area contributed by atoms with E-state index >= 15 is 0 Å². The van der Waals surface area contributed by atoms with Crippen molar-refractivity contribution in [2.75, 3.05) is 0 Å². The predicted molar refractivity (Wildman–Crippen MR) is 85.6 cm³/mol. The lowest BCUT2D eigenvalue weighted by atomic mass is 10.2. The van der Waals surface area contributed by atoms with Crippen molar-refractivity contribution in [2.24, 2.45) is 0 Å². The number of hydrogen-bond donors (Lipinski definition) is 1. The summed E-state index contributed by atoms with van der Waals surface area (Å²) in [5, 5.41) is 8.93. The van der Waals surface area contributed by atoms with Crippen LogP contribution in [0.4, 0.5) is 4.39 Å². The monoisotopic (exact) mass is 361 g/mol. The number of aromatic amines is 1. The first-order chi connectivity index (χ1) is 10.0. The maximum Gasteiger partial charge on any atom is 0.182 e. The molecule has 0 unspecified atom stereocenters.